The zero-order chi connectivity index (χ0) is 10.7. The van der Waals surface area contributed by atoms with Gasteiger partial charge in [0.05, 0.1) is 0 Å². The van der Waals surface area contributed by atoms with Crippen molar-refractivity contribution in [3.8, 4) is 11.6 Å². The van der Waals surface area contributed by atoms with Crippen molar-refractivity contribution in [3.05, 3.63) is 17.8 Å². The molecule has 0 N–H and O–H groups in total. The molecule has 0 spiro atoms. The number of pyridine rings is 1. The second-order valence-electron chi connectivity index (χ2n) is 3.07. The molecule has 5 heteroatoms. The summed E-state index contributed by atoms with van der Waals surface area (Å²) in [6.07, 6.45) is 1.24. The van der Waals surface area contributed by atoms with Gasteiger partial charge in [0, 0.05) is 26.0 Å². The van der Waals surface area contributed by atoms with Crippen molar-refractivity contribution in [2.75, 3.05) is 27.4 Å². The molecule has 1 aliphatic heterocycles. The fourth-order valence-corrected chi connectivity index (χ4v) is 1.45. The first-order valence-corrected chi connectivity index (χ1v) is 4.66. The van der Waals surface area contributed by atoms with E-state index in [2.05, 4.69) is 4.98 Å². The summed E-state index contributed by atoms with van der Waals surface area (Å²) >= 11 is 0. The molecule has 0 unspecified atom stereocenters. The summed E-state index contributed by atoms with van der Waals surface area (Å²) in [4.78, 5) is 4.13. The molecule has 2 rings (SSSR count). The van der Waals surface area contributed by atoms with Gasteiger partial charge in [0.25, 0.3) is 5.88 Å². The van der Waals surface area contributed by atoms with E-state index in [9.17, 15) is 0 Å². The molecule has 0 fully saturated rings. The number of rotatable bonds is 3. The van der Waals surface area contributed by atoms with Gasteiger partial charge in [-0.15, -0.1) is 0 Å². The average Bonchev–Trinajstić information content (AvgIpc) is 2.30. The Hall–Kier alpha value is -1.33. The van der Waals surface area contributed by atoms with Gasteiger partial charge in [0.1, 0.15) is 13.2 Å². The Kier molecular flexibility index (Phi) is 3.03. The van der Waals surface area contributed by atoms with Crippen molar-refractivity contribution < 1.29 is 18.9 Å². The number of hydrogen-bond acceptors (Lipinski definition) is 5. The quantitative estimate of drug-likeness (QED) is 0.702. The highest BCUT2D eigenvalue weighted by Crippen LogP contribution is 2.30. The first-order valence-electron chi connectivity index (χ1n) is 4.66. The van der Waals surface area contributed by atoms with Crippen LogP contribution in [0.4, 0.5) is 0 Å². The number of hydrogen-bond donors (Lipinski definition) is 0. The van der Waals surface area contributed by atoms with E-state index in [4.69, 9.17) is 18.9 Å². The second kappa shape index (κ2) is 4.46. The highest BCUT2D eigenvalue weighted by molar-refractivity contribution is 5.37. The van der Waals surface area contributed by atoms with Crippen LogP contribution in [0, 0.1) is 0 Å². The van der Waals surface area contributed by atoms with Crippen molar-refractivity contribution in [1.29, 1.82) is 0 Å². The lowest BCUT2D eigenvalue weighted by molar-refractivity contribution is -0.106. The lowest BCUT2D eigenvalue weighted by atomic mass is 10.2. The summed E-state index contributed by atoms with van der Waals surface area (Å²) in [6.45, 7) is 1.08. The molecule has 82 valence electrons. The van der Waals surface area contributed by atoms with Gasteiger partial charge in [-0.3, -0.25) is 0 Å². The third-order valence-corrected chi connectivity index (χ3v) is 2.12. The number of fused-ring (bicyclic) bond motifs is 1. The van der Waals surface area contributed by atoms with Crippen LogP contribution in [0.1, 0.15) is 11.9 Å². The molecule has 2 heterocycles. The zero-order valence-corrected chi connectivity index (χ0v) is 8.73. The molecule has 0 aliphatic carbocycles. The van der Waals surface area contributed by atoms with Crippen LogP contribution in [0.15, 0.2) is 12.3 Å². The average molecular weight is 211 g/mol. The molecule has 0 aromatic carbocycles. The van der Waals surface area contributed by atoms with E-state index in [1.165, 1.54) is 0 Å². The summed E-state index contributed by atoms with van der Waals surface area (Å²) in [5.74, 6) is 1.16. The minimum absolute atomic E-state index is 0.423. The standard InChI is InChI=1S/C10H13NO4/c1-12-10(13-2)7-5-8-9(11-6-7)15-4-3-14-8/h5-6,10H,3-4H2,1-2H3. The van der Waals surface area contributed by atoms with E-state index in [1.807, 2.05) is 6.07 Å². The van der Waals surface area contributed by atoms with Gasteiger partial charge in [-0.25, -0.2) is 4.98 Å². The monoisotopic (exact) mass is 211 g/mol. The van der Waals surface area contributed by atoms with E-state index >= 15 is 0 Å². The maximum absolute atomic E-state index is 5.40. The predicted molar refractivity (Wildman–Crippen MR) is 52.0 cm³/mol. The van der Waals surface area contributed by atoms with E-state index in [-0.39, 0.29) is 0 Å². The Morgan fingerprint density at radius 2 is 2.00 bits per heavy atom. The maximum Gasteiger partial charge on any atom is 0.257 e. The summed E-state index contributed by atoms with van der Waals surface area (Å²) < 4.78 is 20.9. The first kappa shape index (κ1) is 10.2. The molecule has 0 saturated heterocycles. The van der Waals surface area contributed by atoms with E-state index < -0.39 is 6.29 Å². The highest BCUT2D eigenvalue weighted by Gasteiger charge is 2.17. The number of aromatic nitrogens is 1. The zero-order valence-electron chi connectivity index (χ0n) is 8.73. The molecular formula is C10H13NO4. The molecule has 1 aromatic heterocycles. The van der Waals surface area contributed by atoms with E-state index in [0.29, 0.717) is 24.8 Å². The first-order chi connectivity index (χ1) is 7.35. The molecule has 0 radical (unpaired) electrons. The van der Waals surface area contributed by atoms with Gasteiger partial charge in [-0.2, -0.15) is 0 Å². The molecule has 5 nitrogen and oxygen atoms in total. The fraction of sp³-hybridized carbons (Fsp3) is 0.500. The largest absolute Gasteiger partial charge is 0.484 e. The number of nitrogens with zero attached hydrogens (tertiary/aromatic N) is 1. The number of methoxy groups -OCH3 is 2. The van der Waals surface area contributed by atoms with Gasteiger partial charge in [-0.05, 0) is 6.07 Å². The lowest BCUT2D eigenvalue weighted by Crippen LogP contribution is -2.17. The summed E-state index contributed by atoms with van der Waals surface area (Å²) in [7, 11) is 3.15. The molecule has 0 bridgehead atoms. The molecule has 0 amide bonds. The van der Waals surface area contributed by atoms with Crippen LogP contribution < -0.4 is 9.47 Å². The Morgan fingerprint density at radius 1 is 1.27 bits per heavy atom. The molecule has 0 atom stereocenters. The van der Waals surface area contributed by atoms with Crippen LogP contribution >= 0.6 is 0 Å². The van der Waals surface area contributed by atoms with Gasteiger partial charge in [-0.1, -0.05) is 0 Å². The molecule has 0 saturated carbocycles. The van der Waals surface area contributed by atoms with Crippen LogP contribution in [0.3, 0.4) is 0 Å². The van der Waals surface area contributed by atoms with E-state index in [0.717, 1.165) is 5.56 Å². The van der Waals surface area contributed by atoms with Crippen LogP contribution in [0.25, 0.3) is 0 Å². The van der Waals surface area contributed by atoms with Crippen LogP contribution in [0.5, 0.6) is 11.6 Å². The maximum atomic E-state index is 5.40. The van der Waals surface area contributed by atoms with Gasteiger partial charge < -0.3 is 18.9 Å². The highest BCUT2D eigenvalue weighted by atomic mass is 16.7. The summed E-state index contributed by atoms with van der Waals surface area (Å²) in [5.41, 5.74) is 0.809. The second-order valence-corrected chi connectivity index (χ2v) is 3.07. The molecular weight excluding hydrogens is 198 g/mol. The van der Waals surface area contributed by atoms with Crippen molar-refractivity contribution in [3.63, 3.8) is 0 Å². The van der Waals surface area contributed by atoms with Gasteiger partial charge in [0.15, 0.2) is 12.0 Å². The summed E-state index contributed by atoms with van der Waals surface area (Å²) in [5, 5.41) is 0. The summed E-state index contributed by atoms with van der Waals surface area (Å²) in [6, 6.07) is 1.82. The van der Waals surface area contributed by atoms with E-state index in [1.54, 1.807) is 20.4 Å². The number of ether oxygens (including phenoxy) is 4. The van der Waals surface area contributed by atoms with Crippen LogP contribution in [0.2, 0.25) is 0 Å². The van der Waals surface area contributed by atoms with Crippen LogP contribution in [-0.2, 0) is 9.47 Å². The van der Waals surface area contributed by atoms with Gasteiger partial charge >= 0.3 is 0 Å². The third-order valence-electron chi connectivity index (χ3n) is 2.12. The minimum Gasteiger partial charge on any atom is -0.484 e. The predicted octanol–water partition coefficient (Wildman–Crippen LogP) is 1.14. The van der Waals surface area contributed by atoms with Crippen molar-refractivity contribution >= 4 is 0 Å². The Morgan fingerprint density at radius 3 is 2.73 bits per heavy atom. The normalized spacial score (nSPS) is 14.3. The molecule has 15 heavy (non-hydrogen) atoms. The Labute approximate surface area is 87.9 Å². The lowest BCUT2D eigenvalue weighted by Gasteiger charge is -2.19. The van der Waals surface area contributed by atoms with Gasteiger partial charge in [0.2, 0.25) is 0 Å². The topological polar surface area (TPSA) is 49.8 Å². The smallest absolute Gasteiger partial charge is 0.257 e. The van der Waals surface area contributed by atoms with Crippen molar-refractivity contribution in [2.24, 2.45) is 0 Å². The third kappa shape index (κ3) is 2.03. The Balaban J connectivity index is 2.27. The SMILES string of the molecule is COC(OC)c1cnc2c(c1)OCCO2. The fourth-order valence-electron chi connectivity index (χ4n) is 1.45. The molecule has 1 aliphatic rings. The van der Waals surface area contributed by atoms with Crippen molar-refractivity contribution in [2.45, 2.75) is 6.29 Å². The molecule has 1 aromatic rings. The minimum atomic E-state index is -0.423. The van der Waals surface area contributed by atoms with Crippen LogP contribution in [-0.4, -0.2) is 32.4 Å². The Bertz CT molecular complexity index is 338. The van der Waals surface area contributed by atoms with Crippen molar-refractivity contribution in [1.82, 2.24) is 4.98 Å².